The number of nitrogens with one attached hydrogen (secondary N) is 1. The minimum absolute atomic E-state index is 0.0678. The monoisotopic (exact) mass is 580 g/mol. The number of halogens is 1. The molecule has 1 aromatic carbocycles. The number of aliphatic carboxylic acids is 1. The lowest BCUT2D eigenvalue weighted by molar-refractivity contribution is -0.138. The molecule has 0 radical (unpaired) electrons. The van der Waals surface area contributed by atoms with Crippen LogP contribution in [0.1, 0.15) is 31.2 Å². The molecule has 1 amide bonds. The van der Waals surface area contributed by atoms with E-state index in [1.165, 1.54) is 5.56 Å². The van der Waals surface area contributed by atoms with Crippen LogP contribution in [-0.2, 0) is 25.5 Å². The first-order valence-corrected chi connectivity index (χ1v) is 14.5. The molecule has 2 fully saturated rings. The van der Waals surface area contributed by atoms with Crippen molar-refractivity contribution in [2.75, 3.05) is 76.2 Å². The lowest BCUT2D eigenvalue weighted by Gasteiger charge is -2.31. The molecular formula is C27H41BrN4O5. The summed E-state index contributed by atoms with van der Waals surface area (Å²) in [5.74, 6) is -0.0515. The van der Waals surface area contributed by atoms with Crippen molar-refractivity contribution in [3.63, 3.8) is 0 Å². The summed E-state index contributed by atoms with van der Waals surface area (Å²) in [7, 11) is 0. The molecule has 37 heavy (non-hydrogen) atoms. The van der Waals surface area contributed by atoms with Crippen molar-refractivity contribution >= 4 is 40.0 Å². The van der Waals surface area contributed by atoms with Gasteiger partial charge in [-0.2, -0.15) is 0 Å². The molecule has 0 saturated carbocycles. The average molecular weight is 582 g/mol. The molecule has 9 nitrogen and oxygen atoms in total. The van der Waals surface area contributed by atoms with Gasteiger partial charge in [-0.15, -0.1) is 0 Å². The summed E-state index contributed by atoms with van der Waals surface area (Å²) < 4.78 is 5.14. The van der Waals surface area contributed by atoms with Crippen LogP contribution in [0.3, 0.4) is 0 Å². The molecule has 2 bridgehead atoms. The van der Waals surface area contributed by atoms with Crippen LogP contribution in [0.5, 0.6) is 0 Å². The number of nitrogens with zero attached hydrogens (tertiary/aromatic N) is 3. The molecule has 10 heteroatoms. The predicted molar refractivity (Wildman–Crippen MR) is 147 cm³/mol. The van der Waals surface area contributed by atoms with Crippen LogP contribution in [0, 0.1) is 11.8 Å². The van der Waals surface area contributed by atoms with Gasteiger partial charge in [-0.1, -0.05) is 28.1 Å². The Morgan fingerprint density at radius 1 is 0.973 bits per heavy atom. The maximum atomic E-state index is 11.7. The summed E-state index contributed by atoms with van der Waals surface area (Å²) in [5, 5.41) is 12.5. The van der Waals surface area contributed by atoms with Crippen molar-refractivity contribution in [1.82, 2.24) is 14.7 Å². The summed E-state index contributed by atoms with van der Waals surface area (Å²) in [5.41, 5.74) is 2.04. The van der Waals surface area contributed by atoms with Gasteiger partial charge in [0.1, 0.15) is 0 Å². The van der Waals surface area contributed by atoms with E-state index in [1.54, 1.807) is 0 Å². The number of hydrogen-bond donors (Lipinski definition) is 2. The molecule has 4 unspecified atom stereocenters. The van der Waals surface area contributed by atoms with Crippen LogP contribution < -0.4 is 5.32 Å². The average Bonchev–Trinajstić information content (AvgIpc) is 2.93. The van der Waals surface area contributed by atoms with Crippen LogP contribution in [0.15, 0.2) is 24.3 Å². The van der Waals surface area contributed by atoms with Gasteiger partial charge in [0.05, 0.1) is 18.5 Å². The number of ether oxygens (including phenoxy) is 1. The van der Waals surface area contributed by atoms with E-state index >= 15 is 0 Å². The predicted octanol–water partition coefficient (Wildman–Crippen LogP) is 2.55. The molecule has 2 aliphatic heterocycles. The second-order valence-electron chi connectivity index (χ2n) is 10.3. The molecule has 0 aliphatic carbocycles. The van der Waals surface area contributed by atoms with Crippen molar-refractivity contribution in [3.8, 4) is 0 Å². The first-order chi connectivity index (χ1) is 17.9. The fourth-order valence-electron chi connectivity index (χ4n) is 5.47. The largest absolute Gasteiger partial charge is 0.480 e. The molecule has 2 heterocycles. The number of hydrogen-bond acceptors (Lipinski definition) is 7. The smallest absolute Gasteiger partial charge is 0.317 e. The van der Waals surface area contributed by atoms with Crippen LogP contribution in [0.2, 0.25) is 0 Å². The highest BCUT2D eigenvalue weighted by atomic mass is 79.9. The van der Waals surface area contributed by atoms with E-state index in [1.807, 2.05) is 12.1 Å². The number of alkyl halides is 1. The third-order valence-electron chi connectivity index (χ3n) is 7.30. The van der Waals surface area contributed by atoms with E-state index < -0.39 is 5.97 Å². The van der Waals surface area contributed by atoms with Gasteiger partial charge < -0.3 is 25.0 Å². The van der Waals surface area contributed by atoms with Gasteiger partial charge in [-0.3, -0.25) is 19.3 Å². The second-order valence-corrected chi connectivity index (χ2v) is 10.9. The topological polar surface area (TPSA) is 102 Å². The summed E-state index contributed by atoms with van der Waals surface area (Å²) in [6, 6.07) is 8.13. The van der Waals surface area contributed by atoms with Gasteiger partial charge in [0, 0.05) is 38.4 Å². The standard InChI is InChI=1S/C27H41BrN4O5/c28-16-26(34)29-25-6-4-22(5-7-25)15-24-17-30-10-2-11-32(19-27(35)36)14-13-31(18-24)9-1-3-23(8-12-30)20-37-21-33/h4-7,21,23-24H,1-3,8-20H2,(H,29,34)(H,35,36). The molecule has 0 spiro atoms. The molecule has 206 valence electrons. The van der Waals surface area contributed by atoms with Gasteiger partial charge in [0.25, 0.3) is 6.47 Å². The molecule has 1 aromatic rings. The first-order valence-electron chi connectivity index (χ1n) is 13.3. The zero-order valence-corrected chi connectivity index (χ0v) is 23.2. The number of anilines is 1. The molecule has 2 N–H and O–H groups in total. The fourth-order valence-corrected chi connectivity index (χ4v) is 5.62. The van der Waals surface area contributed by atoms with E-state index in [4.69, 9.17) is 4.74 Å². The Bertz CT molecular complexity index is 856. The highest BCUT2D eigenvalue weighted by Gasteiger charge is 2.24. The van der Waals surface area contributed by atoms with E-state index in [9.17, 15) is 19.5 Å². The normalized spacial score (nSPS) is 26.0. The third kappa shape index (κ3) is 11.1. The number of benzene rings is 1. The molecule has 0 aromatic heterocycles. The minimum atomic E-state index is -0.772. The number of carbonyl (C=O) groups is 3. The lowest BCUT2D eigenvalue weighted by Crippen LogP contribution is -2.41. The molecule has 4 atom stereocenters. The quantitative estimate of drug-likeness (QED) is 0.339. The second kappa shape index (κ2) is 16.1. The van der Waals surface area contributed by atoms with Crippen LogP contribution in [-0.4, -0.2) is 109 Å². The molecular weight excluding hydrogens is 540 g/mol. The Balaban J connectivity index is 1.76. The Labute approximate surface area is 228 Å². The Hall–Kier alpha value is -2.01. The van der Waals surface area contributed by atoms with Crippen molar-refractivity contribution < 1.29 is 24.2 Å². The van der Waals surface area contributed by atoms with Crippen LogP contribution >= 0.6 is 15.9 Å². The summed E-state index contributed by atoms with van der Waals surface area (Å²) in [6.45, 7) is 8.23. The fraction of sp³-hybridized carbons (Fsp3) is 0.667. The van der Waals surface area contributed by atoms with E-state index in [2.05, 4.69) is 48.1 Å². The van der Waals surface area contributed by atoms with Crippen LogP contribution in [0.4, 0.5) is 5.69 Å². The number of carbonyl (C=O) groups excluding carboxylic acids is 2. The van der Waals surface area contributed by atoms with E-state index in [0.717, 1.165) is 90.1 Å². The first kappa shape index (κ1) is 29.5. The van der Waals surface area contributed by atoms with Gasteiger partial charge in [-0.05, 0) is 81.3 Å². The SMILES string of the molecule is O=COCC1CCCN2CCN(CC(=O)O)CCCN(CC1)CC(Cc1ccc(NC(=O)CBr)cc1)C2. The maximum Gasteiger partial charge on any atom is 0.317 e. The summed E-state index contributed by atoms with van der Waals surface area (Å²) in [6.07, 6.45) is 4.90. The Morgan fingerprint density at radius 3 is 2.41 bits per heavy atom. The molecule has 2 saturated heterocycles. The lowest BCUT2D eigenvalue weighted by atomic mass is 9.97. The number of carboxylic acids is 1. The number of rotatable bonds is 9. The Morgan fingerprint density at radius 2 is 1.70 bits per heavy atom. The van der Waals surface area contributed by atoms with Gasteiger partial charge in [-0.25, -0.2) is 0 Å². The zero-order chi connectivity index (χ0) is 26.5. The van der Waals surface area contributed by atoms with Crippen LogP contribution in [0.25, 0.3) is 0 Å². The van der Waals surface area contributed by atoms with E-state index in [0.29, 0.717) is 24.9 Å². The number of fused-ring (bicyclic) bond motifs is 4. The summed E-state index contributed by atoms with van der Waals surface area (Å²) in [4.78, 5) is 41.0. The van der Waals surface area contributed by atoms with Crippen molar-refractivity contribution in [2.45, 2.75) is 32.1 Å². The number of amides is 1. The highest BCUT2D eigenvalue weighted by molar-refractivity contribution is 9.09. The van der Waals surface area contributed by atoms with Crippen molar-refractivity contribution in [3.05, 3.63) is 29.8 Å². The van der Waals surface area contributed by atoms with Crippen molar-refractivity contribution in [2.24, 2.45) is 11.8 Å². The molecule has 3 rings (SSSR count). The Kier molecular flexibility index (Phi) is 12.8. The zero-order valence-electron chi connectivity index (χ0n) is 21.7. The van der Waals surface area contributed by atoms with Gasteiger partial charge >= 0.3 is 5.97 Å². The number of carboxylic acid groups (broad SMARTS) is 1. The van der Waals surface area contributed by atoms with Gasteiger partial charge in [0.15, 0.2) is 0 Å². The minimum Gasteiger partial charge on any atom is -0.480 e. The van der Waals surface area contributed by atoms with Gasteiger partial charge in [0.2, 0.25) is 5.91 Å². The summed E-state index contributed by atoms with van der Waals surface area (Å²) >= 11 is 3.18. The maximum absolute atomic E-state index is 11.7. The van der Waals surface area contributed by atoms with Crippen molar-refractivity contribution in [1.29, 1.82) is 0 Å². The highest BCUT2D eigenvalue weighted by Crippen LogP contribution is 2.21. The third-order valence-corrected chi connectivity index (χ3v) is 7.81. The van der Waals surface area contributed by atoms with E-state index in [-0.39, 0.29) is 17.8 Å². The molecule has 2 aliphatic rings.